The standard InChI is InChI=1S/C17H23ClF2N4O2/c1-21-17(22-8-2-3-15(25)24-13-5-6-13)23-10-11-9-12(18)4-7-14(11)26-16(19)20/h4,7,9,13,16H,2-3,5-6,8,10H2,1H3,(H,24,25)(H2,21,22,23). The van der Waals surface area contributed by atoms with E-state index in [9.17, 15) is 13.6 Å². The molecule has 0 spiro atoms. The van der Waals surface area contributed by atoms with E-state index < -0.39 is 6.61 Å². The van der Waals surface area contributed by atoms with Gasteiger partial charge in [-0.3, -0.25) is 9.79 Å². The van der Waals surface area contributed by atoms with Gasteiger partial charge in [0, 0.05) is 43.2 Å². The van der Waals surface area contributed by atoms with Crippen LogP contribution in [0.4, 0.5) is 8.78 Å². The summed E-state index contributed by atoms with van der Waals surface area (Å²) in [6.07, 6.45) is 3.25. The van der Waals surface area contributed by atoms with E-state index in [0.29, 0.717) is 42.0 Å². The van der Waals surface area contributed by atoms with Crippen molar-refractivity contribution in [1.29, 1.82) is 0 Å². The number of hydrogen-bond acceptors (Lipinski definition) is 3. The molecule has 1 amide bonds. The third-order valence-corrected chi connectivity index (χ3v) is 3.96. The van der Waals surface area contributed by atoms with E-state index >= 15 is 0 Å². The summed E-state index contributed by atoms with van der Waals surface area (Å²) in [7, 11) is 1.60. The van der Waals surface area contributed by atoms with E-state index in [1.807, 2.05) is 0 Å². The molecule has 3 N–H and O–H groups in total. The number of carbonyl (C=O) groups is 1. The summed E-state index contributed by atoms with van der Waals surface area (Å²) in [6, 6.07) is 4.82. The molecule has 2 rings (SSSR count). The first-order chi connectivity index (χ1) is 12.5. The molecule has 1 fully saturated rings. The van der Waals surface area contributed by atoms with Gasteiger partial charge in [0.1, 0.15) is 5.75 Å². The number of aliphatic imine (C=N–C) groups is 1. The van der Waals surface area contributed by atoms with Gasteiger partial charge in [0.25, 0.3) is 0 Å². The van der Waals surface area contributed by atoms with Crippen molar-refractivity contribution in [3.8, 4) is 5.75 Å². The van der Waals surface area contributed by atoms with Gasteiger partial charge in [0.05, 0.1) is 0 Å². The number of amides is 1. The van der Waals surface area contributed by atoms with Gasteiger partial charge in [-0.05, 0) is 37.5 Å². The van der Waals surface area contributed by atoms with Gasteiger partial charge in [-0.1, -0.05) is 11.6 Å². The molecule has 1 aliphatic carbocycles. The van der Waals surface area contributed by atoms with Gasteiger partial charge in [-0.15, -0.1) is 0 Å². The Morgan fingerprint density at radius 1 is 1.38 bits per heavy atom. The highest BCUT2D eigenvalue weighted by molar-refractivity contribution is 6.30. The number of nitrogens with zero attached hydrogens (tertiary/aromatic N) is 1. The van der Waals surface area contributed by atoms with E-state index in [2.05, 4.69) is 25.7 Å². The molecular formula is C17H23ClF2N4O2. The van der Waals surface area contributed by atoms with Crippen LogP contribution in [0.2, 0.25) is 5.02 Å². The van der Waals surface area contributed by atoms with E-state index in [0.717, 1.165) is 12.8 Å². The zero-order valence-electron chi connectivity index (χ0n) is 14.5. The lowest BCUT2D eigenvalue weighted by Crippen LogP contribution is -2.37. The van der Waals surface area contributed by atoms with Gasteiger partial charge >= 0.3 is 6.61 Å². The van der Waals surface area contributed by atoms with Crippen molar-refractivity contribution in [3.63, 3.8) is 0 Å². The third kappa shape index (κ3) is 7.43. The SMILES string of the molecule is CN=C(NCCCC(=O)NC1CC1)NCc1cc(Cl)ccc1OC(F)F. The van der Waals surface area contributed by atoms with Gasteiger partial charge in [-0.2, -0.15) is 8.78 Å². The van der Waals surface area contributed by atoms with E-state index in [1.54, 1.807) is 13.1 Å². The lowest BCUT2D eigenvalue weighted by atomic mass is 10.2. The Balaban J connectivity index is 1.75. The Morgan fingerprint density at radius 3 is 2.81 bits per heavy atom. The van der Waals surface area contributed by atoms with Crippen LogP contribution in [-0.2, 0) is 11.3 Å². The monoisotopic (exact) mass is 388 g/mol. The van der Waals surface area contributed by atoms with E-state index in [1.165, 1.54) is 12.1 Å². The Labute approximate surface area is 156 Å². The predicted octanol–water partition coefficient (Wildman–Crippen LogP) is 2.67. The number of carbonyl (C=O) groups excluding carboxylic acids is 1. The summed E-state index contributed by atoms with van der Waals surface area (Å²) in [4.78, 5) is 15.7. The van der Waals surface area contributed by atoms with Gasteiger partial charge in [0.2, 0.25) is 5.91 Å². The molecule has 1 aliphatic rings. The highest BCUT2D eigenvalue weighted by Crippen LogP contribution is 2.24. The zero-order valence-corrected chi connectivity index (χ0v) is 15.3. The second-order valence-corrected chi connectivity index (χ2v) is 6.36. The van der Waals surface area contributed by atoms with Crippen molar-refractivity contribution in [2.45, 2.75) is 44.9 Å². The van der Waals surface area contributed by atoms with E-state index in [4.69, 9.17) is 11.6 Å². The molecule has 0 unspecified atom stereocenters. The minimum atomic E-state index is -2.91. The van der Waals surface area contributed by atoms with Crippen LogP contribution in [0.15, 0.2) is 23.2 Å². The average Bonchev–Trinajstić information content (AvgIpc) is 3.40. The van der Waals surface area contributed by atoms with Crippen LogP contribution < -0.4 is 20.7 Å². The minimum absolute atomic E-state index is 0.0594. The molecule has 0 bridgehead atoms. The second kappa shape index (κ2) is 10.2. The maximum Gasteiger partial charge on any atom is 0.387 e. The second-order valence-electron chi connectivity index (χ2n) is 5.93. The summed E-state index contributed by atoms with van der Waals surface area (Å²) in [6.45, 7) is -2.13. The Bertz CT molecular complexity index is 639. The van der Waals surface area contributed by atoms with Crippen molar-refractivity contribution >= 4 is 23.5 Å². The molecule has 0 aromatic heterocycles. The minimum Gasteiger partial charge on any atom is -0.434 e. The topological polar surface area (TPSA) is 74.8 Å². The lowest BCUT2D eigenvalue weighted by Gasteiger charge is -2.15. The fraction of sp³-hybridized carbons (Fsp3) is 0.529. The van der Waals surface area contributed by atoms with Crippen molar-refractivity contribution in [3.05, 3.63) is 28.8 Å². The molecule has 0 heterocycles. The quantitative estimate of drug-likeness (QED) is 0.345. The fourth-order valence-electron chi connectivity index (χ4n) is 2.28. The molecule has 1 aromatic carbocycles. The summed E-state index contributed by atoms with van der Waals surface area (Å²) in [5.74, 6) is 0.615. The Kier molecular flexibility index (Phi) is 7.90. The molecule has 0 atom stereocenters. The molecular weight excluding hydrogens is 366 g/mol. The van der Waals surface area contributed by atoms with Crippen molar-refractivity contribution in [2.24, 2.45) is 4.99 Å². The predicted molar refractivity (Wildman–Crippen MR) is 96.7 cm³/mol. The number of rotatable bonds is 9. The molecule has 0 aliphatic heterocycles. The Morgan fingerprint density at radius 2 is 2.15 bits per heavy atom. The van der Waals surface area contributed by atoms with Crippen LogP contribution in [0.5, 0.6) is 5.75 Å². The van der Waals surface area contributed by atoms with Crippen LogP contribution in [0.3, 0.4) is 0 Å². The first-order valence-electron chi connectivity index (χ1n) is 8.45. The van der Waals surface area contributed by atoms with Gasteiger partial charge < -0.3 is 20.7 Å². The van der Waals surface area contributed by atoms with E-state index in [-0.39, 0.29) is 18.2 Å². The molecule has 0 radical (unpaired) electrons. The molecule has 9 heteroatoms. The number of alkyl halides is 2. The smallest absolute Gasteiger partial charge is 0.387 e. The number of ether oxygens (including phenoxy) is 1. The zero-order chi connectivity index (χ0) is 18.9. The van der Waals surface area contributed by atoms with Crippen LogP contribution >= 0.6 is 11.6 Å². The van der Waals surface area contributed by atoms with Gasteiger partial charge in [-0.25, -0.2) is 0 Å². The van der Waals surface area contributed by atoms with Crippen LogP contribution in [0.1, 0.15) is 31.2 Å². The summed E-state index contributed by atoms with van der Waals surface area (Å²) < 4.78 is 29.4. The number of guanidine groups is 1. The van der Waals surface area contributed by atoms with Crippen LogP contribution in [-0.4, -0.2) is 38.1 Å². The number of nitrogens with one attached hydrogen (secondary N) is 3. The highest BCUT2D eigenvalue weighted by Gasteiger charge is 2.22. The average molecular weight is 389 g/mol. The summed E-state index contributed by atoms with van der Waals surface area (Å²) in [5, 5.41) is 9.44. The Hall–Kier alpha value is -2.09. The first-order valence-corrected chi connectivity index (χ1v) is 8.83. The maximum absolute atomic E-state index is 12.5. The molecule has 0 saturated heterocycles. The summed E-state index contributed by atoms with van der Waals surface area (Å²) in [5.41, 5.74) is 0.490. The van der Waals surface area contributed by atoms with Crippen molar-refractivity contribution in [1.82, 2.24) is 16.0 Å². The summed E-state index contributed by atoms with van der Waals surface area (Å²) >= 11 is 5.92. The lowest BCUT2D eigenvalue weighted by molar-refractivity contribution is -0.121. The molecule has 1 aromatic rings. The molecule has 26 heavy (non-hydrogen) atoms. The first kappa shape index (κ1) is 20.2. The number of benzene rings is 1. The van der Waals surface area contributed by atoms with Gasteiger partial charge in [0.15, 0.2) is 5.96 Å². The van der Waals surface area contributed by atoms with Crippen molar-refractivity contribution < 1.29 is 18.3 Å². The normalized spacial score (nSPS) is 14.3. The molecule has 6 nitrogen and oxygen atoms in total. The molecule has 1 saturated carbocycles. The largest absolute Gasteiger partial charge is 0.434 e. The van der Waals surface area contributed by atoms with Crippen LogP contribution in [0, 0.1) is 0 Å². The number of hydrogen-bond donors (Lipinski definition) is 3. The molecule has 144 valence electrons. The third-order valence-electron chi connectivity index (χ3n) is 3.72. The highest BCUT2D eigenvalue weighted by atomic mass is 35.5. The fourth-order valence-corrected chi connectivity index (χ4v) is 2.47. The van der Waals surface area contributed by atoms with Crippen LogP contribution in [0.25, 0.3) is 0 Å². The number of halogens is 3. The maximum atomic E-state index is 12.5. The van der Waals surface area contributed by atoms with Crippen molar-refractivity contribution in [2.75, 3.05) is 13.6 Å².